The maximum Gasteiger partial charge on any atom is 0.210 e. The molecule has 0 N–H and O–H groups in total. The van der Waals surface area contributed by atoms with Crippen LogP contribution in [0.2, 0.25) is 0 Å². The Morgan fingerprint density at radius 1 is 0.644 bits per heavy atom. The summed E-state index contributed by atoms with van der Waals surface area (Å²) in [5.74, 6) is 0.660. The summed E-state index contributed by atoms with van der Waals surface area (Å²) in [6, 6.07) is 46.6. The van der Waals surface area contributed by atoms with E-state index in [1.54, 1.807) is 6.20 Å². The second-order valence-electron chi connectivity index (χ2n) is 10.1. The van der Waals surface area contributed by atoms with Crippen LogP contribution in [-0.2, 0) is 20.1 Å². The SMILES string of the molecule is [Ir].[c-]1ccc2c(oc3c4ccccc4ccc23)c1-c1nc2nncnc2n1-c1ccccc1.[c-]1ccccc1-c1ccccn1. The van der Waals surface area contributed by atoms with Crippen molar-refractivity contribution in [3.05, 3.63) is 146 Å². The molecule has 9 rings (SSSR count). The summed E-state index contributed by atoms with van der Waals surface area (Å²) in [7, 11) is 0. The van der Waals surface area contributed by atoms with E-state index in [2.05, 4.69) is 56.6 Å². The zero-order chi connectivity index (χ0) is 29.3. The van der Waals surface area contributed by atoms with Crippen LogP contribution in [-0.4, -0.2) is 29.7 Å². The molecule has 0 aliphatic carbocycles. The van der Waals surface area contributed by atoms with Gasteiger partial charge in [0.05, 0.1) is 11.4 Å². The summed E-state index contributed by atoms with van der Waals surface area (Å²) < 4.78 is 8.47. The van der Waals surface area contributed by atoms with Crippen molar-refractivity contribution in [1.82, 2.24) is 29.7 Å². The molecule has 0 bridgehead atoms. The molecule has 0 aliphatic heterocycles. The molecule has 0 saturated heterocycles. The number of fused-ring (bicyclic) bond motifs is 6. The number of aromatic nitrogens is 6. The van der Waals surface area contributed by atoms with E-state index >= 15 is 0 Å². The molecule has 4 aromatic heterocycles. The van der Waals surface area contributed by atoms with Gasteiger partial charge in [0, 0.05) is 42.8 Å². The fourth-order valence-corrected chi connectivity index (χ4v) is 5.44. The van der Waals surface area contributed by atoms with Gasteiger partial charge in [-0.2, -0.15) is 0 Å². The number of hydrogen-bond acceptors (Lipinski definition) is 6. The number of pyridine rings is 1. The monoisotopic (exact) mass is 759 g/mol. The van der Waals surface area contributed by atoms with E-state index in [0.29, 0.717) is 17.1 Å². The quantitative estimate of drug-likeness (QED) is 0.169. The Hall–Kier alpha value is -5.56. The molecule has 0 atom stereocenters. The second-order valence-corrected chi connectivity index (χ2v) is 10.1. The van der Waals surface area contributed by atoms with E-state index < -0.39 is 0 Å². The van der Waals surface area contributed by atoms with Crippen molar-refractivity contribution >= 4 is 44.0 Å². The summed E-state index contributed by atoms with van der Waals surface area (Å²) in [5.41, 5.74) is 6.39. The maximum absolute atomic E-state index is 6.50. The maximum atomic E-state index is 6.50. The van der Waals surface area contributed by atoms with Gasteiger partial charge in [0.1, 0.15) is 11.9 Å². The van der Waals surface area contributed by atoms with E-state index in [1.807, 2.05) is 102 Å². The molecule has 8 heteroatoms. The molecule has 0 fully saturated rings. The number of benzene rings is 5. The van der Waals surface area contributed by atoms with E-state index in [9.17, 15) is 0 Å². The van der Waals surface area contributed by atoms with Crippen LogP contribution in [0.4, 0.5) is 0 Å². The fraction of sp³-hybridized carbons (Fsp3) is 0. The number of furan rings is 1. The minimum absolute atomic E-state index is 0. The molecule has 5 aromatic carbocycles. The Kier molecular flexibility index (Phi) is 7.66. The molecular formula is C37H22IrN6O-2. The molecule has 4 heterocycles. The van der Waals surface area contributed by atoms with Crippen molar-refractivity contribution in [1.29, 1.82) is 0 Å². The van der Waals surface area contributed by atoms with Gasteiger partial charge in [-0.15, -0.1) is 64.3 Å². The smallest absolute Gasteiger partial charge is 0.210 e. The molecule has 0 unspecified atom stereocenters. The average Bonchev–Trinajstić information content (AvgIpc) is 3.69. The van der Waals surface area contributed by atoms with Gasteiger partial charge in [-0.05, 0) is 29.3 Å². The van der Waals surface area contributed by atoms with Crippen LogP contribution < -0.4 is 0 Å². The minimum Gasteiger partial charge on any atom is -0.500 e. The second kappa shape index (κ2) is 12.2. The van der Waals surface area contributed by atoms with Crippen molar-refractivity contribution in [3.63, 3.8) is 0 Å². The minimum atomic E-state index is 0. The molecule has 0 aliphatic rings. The van der Waals surface area contributed by atoms with Crippen molar-refractivity contribution < 1.29 is 24.5 Å². The van der Waals surface area contributed by atoms with Gasteiger partial charge in [-0.3, -0.25) is 4.98 Å². The van der Waals surface area contributed by atoms with Gasteiger partial charge in [0.15, 0.2) is 5.65 Å². The molecule has 45 heavy (non-hydrogen) atoms. The standard InChI is InChI=1S/C26H14N5O.C11H8N.Ir/c1-2-8-17(9-3-1)31-25(29-24-26(31)27-15-28-30-24)21-12-6-11-19-20-14-13-16-7-4-5-10-18(16)22(20)32-23(19)21;1-2-6-10(7-3-1)11-8-4-5-9-12-11;/h1-11,13-15H;1-6,8-9H;/q2*-1;. The van der Waals surface area contributed by atoms with Crippen LogP contribution in [0.25, 0.3) is 72.3 Å². The molecule has 0 spiro atoms. The third kappa shape index (κ3) is 5.16. The van der Waals surface area contributed by atoms with E-state index in [-0.39, 0.29) is 20.1 Å². The first-order chi connectivity index (χ1) is 21.8. The molecule has 9 aromatic rings. The van der Waals surface area contributed by atoms with Crippen LogP contribution in [0.15, 0.2) is 138 Å². The third-order valence-corrected chi connectivity index (χ3v) is 7.43. The van der Waals surface area contributed by atoms with Gasteiger partial charge in [-0.1, -0.05) is 77.7 Å². The first-order valence-corrected chi connectivity index (χ1v) is 14.1. The van der Waals surface area contributed by atoms with Crippen molar-refractivity contribution in [2.24, 2.45) is 0 Å². The predicted molar refractivity (Wildman–Crippen MR) is 172 cm³/mol. The summed E-state index contributed by atoms with van der Waals surface area (Å²) >= 11 is 0. The van der Waals surface area contributed by atoms with Crippen LogP contribution >= 0.6 is 0 Å². The number of nitrogens with zero attached hydrogens (tertiary/aromatic N) is 6. The van der Waals surface area contributed by atoms with Gasteiger partial charge in [0.25, 0.3) is 0 Å². The van der Waals surface area contributed by atoms with Crippen molar-refractivity contribution in [3.8, 4) is 28.3 Å². The van der Waals surface area contributed by atoms with E-state index in [4.69, 9.17) is 9.40 Å². The Bertz CT molecular complexity index is 2350. The number of rotatable bonds is 3. The molecule has 0 amide bonds. The summed E-state index contributed by atoms with van der Waals surface area (Å²) in [6.45, 7) is 0. The summed E-state index contributed by atoms with van der Waals surface area (Å²) in [6.07, 6.45) is 3.22. The van der Waals surface area contributed by atoms with Gasteiger partial charge < -0.3 is 14.0 Å². The largest absolute Gasteiger partial charge is 0.500 e. The normalized spacial score (nSPS) is 10.9. The molecular weight excluding hydrogens is 737 g/mol. The molecule has 7 nitrogen and oxygen atoms in total. The van der Waals surface area contributed by atoms with E-state index in [0.717, 1.165) is 55.2 Å². The molecule has 1 radical (unpaired) electrons. The van der Waals surface area contributed by atoms with Crippen LogP contribution in [0.3, 0.4) is 0 Å². The predicted octanol–water partition coefficient (Wildman–Crippen LogP) is 8.28. The van der Waals surface area contributed by atoms with Crippen LogP contribution in [0.5, 0.6) is 0 Å². The van der Waals surface area contributed by atoms with Crippen LogP contribution in [0, 0.1) is 12.1 Å². The Morgan fingerprint density at radius 3 is 2.31 bits per heavy atom. The number of hydrogen-bond donors (Lipinski definition) is 0. The first-order valence-electron chi connectivity index (χ1n) is 14.1. The van der Waals surface area contributed by atoms with Crippen molar-refractivity contribution in [2.45, 2.75) is 0 Å². The van der Waals surface area contributed by atoms with Gasteiger partial charge in [0.2, 0.25) is 5.65 Å². The van der Waals surface area contributed by atoms with Crippen molar-refractivity contribution in [2.75, 3.05) is 0 Å². The fourth-order valence-electron chi connectivity index (χ4n) is 5.44. The number of imidazole rings is 1. The third-order valence-electron chi connectivity index (χ3n) is 7.43. The first kappa shape index (κ1) is 28.2. The van der Waals surface area contributed by atoms with Crippen LogP contribution in [0.1, 0.15) is 0 Å². The Balaban J connectivity index is 0.000000211. The zero-order valence-corrected chi connectivity index (χ0v) is 26.0. The number of para-hydroxylation sites is 1. The Morgan fingerprint density at radius 2 is 1.47 bits per heavy atom. The average molecular weight is 759 g/mol. The summed E-state index contributed by atoms with van der Waals surface area (Å²) in [5, 5.41) is 12.4. The molecule has 217 valence electrons. The summed E-state index contributed by atoms with van der Waals surface area (Å²) in [4.78, 5) is 13.4. The Labute approximate surface area is 271 Å². The molecule has 0 saturated carbocycles. The van der Waals surface area contributed by atoms with Gasteiger partial charge in [-0.25, -0.2) is 4.98 Å². The van der Waals surface area contributed by atoms with E-state index in [1.165, 1.54) is 6.33 Å². The zero-order valence-electron chi connectivity index (χ0n) is 23.6. The van der Waals surface area contributed by atoms with Gasteiger partial charge >= 0.3 is 0 Å². The topological polar surface area (TPSA) is 82.5 Å².